The summed E-state index contributed by atoms with van der Waals surface area (Å²) in [4.78, 5) is 0. The van der Waals surface area contributed by atoms with Gasteiger partial charge in [-0.1, -0.05) is 12.1 Å². The molecule has 0 aliphatic heterocycles. The molecule has 6 heteroatoms. The molecule has 1 rings (SSSR count). The van der Waals surface area contributed by atoms with Crippen LogP contribution in [0, 0.1) is 0 Å². The van der Waals surface area contributed by atoms with Crippen molar-refractivity contribution in [2.75, 3.05) is 14.2 Å². The molecular weight excluding hydrogens is 261 g/mol. The van der Waals surface area contributed by atoms with Gasteiger partial charge in [0.15, 0.2) is 11.5 Å². The lowest BCUT2D eigenvalue weighted by molar-refractivity contribution is -0.136. The molecule has 1 aromatic rings. The van der Waals surface area contributed by atoms with Crippen LogP contribution in [0.3, 0.4) is 0 Å². The van der Waals surface area contributed by atoms with Crippen molar-refractivity contribution >= 4 is 0 Å². The van der Waals surface area contributed by atoms with Gasteiger partial charge in [0.2, 0.25) is 0 Å². The lowest BCUT2D eigenvalue weighted by Crippen LogP contribution is -2.08. The van der Waals surface area contributed by atoms with Crippen LogP contribution in [-0.4, -0.2) is 25.5 Å². The summed E-state index contributed by atoms with van der Waals surface area (Å²) in [6.07, 6.45) is -6.23. The van der Waals surface area contributed by atoms with Gasteiger partial charge in [0.1, 0.15) is 0 Å². The Morgan fingerprint density at radius 2 is 1.89 bits per heavy atom. The van der Waals surface area contributed by atoms with Crippen LogP contribution >= 0.6 is 0 Å². The SMILES string of the molecule is COc1cccc(C(O)CCCC(F)(F)F)c1OC. The van der Waals surface area contributed by atoms with Gasteiger partial charge in [-0.25, -0.2) is 0 Å². The molecule has 108 valence electrons. The molecule has 0 aliphatic carbocycles. The summed E-state index contributed by atoms with van der Waals surface area (Å²) in [5.41, 5.74) is 0.434. The Bertz CT molecular complexity index is 405. The van der Waals surface area contributed by atoms with Crippen LogP contribution in [0.4, 0.5) is 13.2 Å². The average Bonchev–Trinajstić information content (AvgIpc) is 2.35. The normalized spacial score (nSPS) is 13.2. The van der Waals surface area contributed by atoms with Gasteiger partial charge in [-0.3, -0.25) is 0 Å². The van der Waals surface area contributed by atoms with Gasteiger partial charge in [0, 0.05) is 12.0 Å². The molecule has 3 nitrogen and oxygen atoms in total. The van der Waals surface area contributed by atoms with E-state index >= 15 is 0 Å². The van der Waals surface area contributed by atoms with Gasteiger partial charge in [0.05, 0.1) is 20.3 Å². The Kier molecular flexibility index (Phi) is 5.47. The minimum atomic E-state index is -4.20. The Hall–Kier alpha value is -1.43. The molecule has 0 spiro atoms. The molecule has 1 N–H and O–H groups in total. The zero-order valence-corrected chi connectivity index (χ0v) is 10.8. The zero-order chi connectivity index (χ0) is 14.5. The average molecular weight is 278 g/mol. The number of aliphatic hydroxyl groups excluding tert-OH is 1. The number of rotatable bonds is 6. The van der Waals surface area contributed by atoms with E-state index in [1.165, 1.54) is 14.2 Å². The van der Waals surface area contributed by atoms with E-state index in [0.717, 1.165) is 0 Å². The van der Waals surface area contributed by atoms with Gasteiger partial charge < -0.3 is 14.6 Å². The summed E-state index contributed by atoms with van der Waals surface area (Å²) < 4.78 is 46.3. The lowest BCUT2D eigenvalue weighted by Gasteiger charge is -2.17. The minimum Gasteiger partial charge on any atom is -0.493 e. The molecule has 0 fully saturated rings. The van der Waals surface area contributed by atoms with Crippen molar-refractivity contribution in [2.24, 2.45) is 0 Å². The Morgan fingerprint density at radius 1 is 1.21 bits per heavy atom. The highest BCUT2D eigenvalue weighted by Gasteiger charge is 2.27. The van der Waals surface area contributed by atoms with E-state index in [9.17, 15) is 18.3 Å². The van der Waals surface area contributed by atoms with Crippen molar-refractivity contribution in [3.63, 3.8) is 0 Å². The molecule has 1 unspecified atom stereocenters. The number of halogens is 3. The number of hydrogen-bond donors (Lipinski definition) is 1. The van der Waals surface area contributed by atoms with Crippen molar-refractivity contribution in [3.05, 3.63) is 23.8 Å². The van der Waals surface area contributed by atoms with E-state index in [0.29, 0.717) is 17.1 Å². The molecule has 0 aromatic heterocycles. The molecule has 19 heavy (non-hydrogen) atoms. The fraction of sp³-hybridized carbons (Fsp3) is 0.538. The van der Waals surface area contributed by atoms with Gasteiger partial charge in [-0.2, -0.15) is 13.2 Å². The first kappa shape index (κ1) is 15.6. The number of ether oxygens (including phenoxy) is 2. The largest absolute Gasteiger partial charge is 0.493 e. The molecule has 1 atom stereocenters. The highest BCUT2D eigenvalue weighted by atomic mass is 19.4. The minimum absolute atomic E-state index is 0.0169. The van der Waals surface area contributed by atoms with Crippen molar-refractivity contribution in [2.45, 2.75) is 31.5 Å². The number of alkyl halides is 3. The van der Waals surface area contributed by atoms with Crippen molar-refractivity contribution < 1.29 is 27.8 Å². The summed E-state index contributed by atoms with van der Waals surface area (Å²) >= 11 is 0. The second kappa shape index (κ2) is 6.65. The van der Waals surface area contributed by atoms with Gasteiger partial charge in [-0.05, 0) is 18.9 Å². The number of benzene rings is 1. The number of methoxy groups -OCH3 is 2. The Morgan fingerprint density at radius 3 is 2.42 bits per heavy atom. The van der Waals surface area contributed by atoms with Crippen LogP contribution < -0.4 is 9.47 Å². The molecule has 0 saturated carbocycles. The van der Waals surface area contributed by atoms with Crippen molar-refractivity contribution in [3.8, 4) is 11.5 Å². The van der Waals surface area contributed by atoms with Crippen LogP contribution in [0.2, 0.25) is 0 Å². The summed E-state index contributed by atoms with van der Waals surface area (Å²) in [5.74, 6) is 0.791. The lowest BCUT2D eigenvalue weighted by atomic mass is 10.0. The molecule has 0 aliphatic rings. The van der Waals surface area contributed by atoms with Crippen molar-refractivity contribution in [1.82, 2.24) is 0 Å². The highest BCUT2D eigenvalue weighted by molar-refractivity contribution is 5.47. The maximum atomic E-state index is 12.0. The van der Waals surface area contributed by atoms with Gasteiger partial charge in [0.25, 0.3) is 0 Å². The molecule has 0 radical (unpaired) electrons. The predicted octanol–water partition coefficient (Wildman–Crippen LogP) is 3.47. The van der Waals surface area contributed by atoms with Gasteiger partial charge in [-0.15, -0.1) is 0 Å². The predicted molar refractivity (Wildman–Crippen MR) is 64.4 cm³/mol. The van der Waals surface area contributed by atoms with E-state index < -0.39 is 18.7 Å². The monoisotopic (exact) mass is 278 g/mol. The fourth-order valence-electron chi connectivity index (χ4n) is 1.83. The quantitative estimate of drug-likeness (QED) is 0.866. The third kappa shape index (κ3) is 4.63. The molecule has 0 bridgehead atoms. The number of aliphatic hydroxyl groups is 1. The fourth-order valence-corrected chi connectivity index (χ4v) is 1.83. The molecule has 0 heterocycles. The zero-order valence-electron chi connectivity index (χ0n) is 10.8. The van der Waals surface area contributed by atoms with E-state index in [1.807, 2.05) is 0 Å². The van der Waals surface area contributed by atoms with Crippen molar-refractivity contribution in [1.29, 1.82) is 0 Å². The molecule has 1 aromatic carbocycles. The third-order valence-corrected chi connectivity index (χ3v) is 2.73. The molecule has 0 saturated heterocycles. The van der Waals surface area contributed by atoms with E-state index in [1.54, 1.807) is 18.2 Å². The maximum absolute atomic E-state index is 12.0. The Labute approximate surface area is 110 Å². The third-order valence-electron chi connectivity index (χ3n) is 2.73. The second-order valence-electron chi connectivity index (χ2n) is 4.11. The van der Waals surface area contributed by atoms with Crippen LogP contribution in [0.1, 0.15) is 30.9 Å². The van der Waals surface area contributed by atoms with E-state index in [-0.39, 0.29) is 12.8 Å². The van der Waals surface area contributed by atoms with E-state index in [4.69, 9.17) is 9.47 Å². The smallest absolute Gasteiger partial charge is 0.389 e. The highest BCUT2D eigenvalue weighted by Crippen LogP contribution is 2.36. The summed E-state index contributed by atoms with van der Waals surface area (Å²) in [7, 11) is 2.88. The topological polar surface area (TPSA) is 38.7 Å². The first-order chi connectivity index (χ1) is 8.89. The number of para-hydroxylation sites is 1. The first-order valence-corrected chi connectivity index (χ1v) is 5.84. The van der Waals surface area contributed by atoms with Crippen LogP contribution in [0.5, 0.6) is 11.5 Å². The summed E-state index contributed by atoms with van der Waals surface area (Å²) in [6.45, 7) is 0. The number of hydrogen-bond acceptors (Lipinski definition) is 3. The molecule has 0 amide bonds. The van der Waals surface area contributed by atoms with E-state index in [2.05, 4.69) is 0 Å². The van der Waals surface area contributed by atoms with Crippen LogP contribution in [0.25, 0.3) is 0 Å². The van der Waals surface area contributed by atoms with Crippen LogP contribution in [-0.2, 0) is 0 Å². The first-order valence-electron chi connectivity index (χ1n) is 5.84. The summed E-state index contributed by atoms with van der Waals surface area (Å²) in [6, 6.07) is 4.92. The van der Waals surface area contributed by atoms with Gasteiger partial charge >= 0.3 is 6.18 Å². The standard InChI is InChI=1S/C13H17F3O3/c1-18-11-7-3-5-9(12(11)19-2)10(17)6-4-8-13(14,15)16/h3,5,7,10,17H,4,6,8H2,1-2H3. The summed E-state index contributed by atoms with van der Waals surface area (Å²) in [5, 5.41) is 9.95. The Balaban J connectivity index is 2.74. The molecular formula is C13H17F3O3. The maximum Gasteiger partial charge on any atom is 0.389 e. The van der Waals surface area contributed by atoms with Crippen LogP contribution in [0.15, 0.2) is 18.2 Å². The second-order valence-corrected chi connectivity index (χ2v) is 4.11.